The summed E-state index contributed by atoms with van der Waals surface area (Å²) >= 11 is 0. The molecule has 1 fully saturated rings. The fraction of sp³-hybridized carbons (Fsp3) is 0.733. The van der Waals surface area contributed by atoms with E-state index in [0.29, 0.717) is 26.3 Å². The van der Waals surface area contributed by atoms with Crippen LogP contribution < -0.4 is 5.73 Å². The first-order valence-corrected chi connectivity index (χ1v) is 8.09. The number of hydrogen-bond donors (Lipinski definition) is 2. The van der Waals surface area contributed by atoms with Gasteiger partial charge in [0.25, 0.3) is 5.96 Å². The zero-order chi connectivity index (χ0) is 19.0. The molecule has 1 rings (SSSR count). The van der Waals surface area contributed by atoms with Gasteiger partial charge in [-0.15, -0.1) is 0 Å². The number of aliphatic carboxylic acids is 1. The summed E-state index contributed by atoms with van der Waals surface area (Å²) in [6.45, 7) is 6.00. The van der Waals surface area contributed by atoms with E-state index in [0.717, 1.165) is 12.0 Å². The van der Waals surface area contributed by atoms with Crippen molar-refractivity contribution in [1.82, 2.24) is 9.80 Å². The molecule has 0 amide bonds. The number of nitrogens with zero attached hydrogens (tertiary/aromatic N) is 4. The average molecular weight is 357 g/mol. The van der Waals surface area contributed by atoms with Gasteiger partial charge in [0, 0.05) is 39.2 Å². The zero-order valence-electron chi connectivity index (χ0n) is 14.9. The number of nitrogens with two attached hydrogens (primary N) is 1. The summed E-state index contributed by atoms with van der Waals surface area (Å²) < 4.78 is 5.37. The summed E-state index contributed by atoms with van der Waals surface area (Å²) in [5, 5.41) is 22.7. The molecule has 1 heterocycles. The van der Waals surface area contributed by atoms with E-state index in [2.05, 4.69) is 5.10 Å². The molecular weight excluding hydrogens is 330 g/mol. The van der Waals surface area contributed by atoms with Crippen LogP contribution in [0.5, 0.6) is 0 Å². The van der Waals surface area contributed by atoms with Crippen LogP contribution in [0.1, 0.15) is 20.3 Å². The molecule has 142 valence electrons. The van der Waals surface area contributed by atoms with E-state index >= 15 is 0 Å². The van der Waals surface area contributed by atoms with Gasteiger partial charge in [-0.1, -0.05) is 11.6 Å². The Hall–Kier alpha value is -2.20. The monoisotopic (exact) mass is 357 g/mol. The van der Waals surface area contributed by atoms with Crippen LogP contribution in [0.25, 0.3) is 0 Å². The Morgan fingerprint density at radius 3 is 2.72 bits per heavy atom. The third kappa shape index (κ3) is 7.48. The number of carboxylic acids is 1. The minimum Gasteiger partial charge on any atom is -0.480 e. The van der Waals surface area contributed by atoms with Crippen molar-refractivity contribution in [3.63, 3.8) is 0 Å². The van der Waals surface area contributed by atoms with Crippen LogP contribution in [0.15, 0.2) is 16.8 Å². The second kappa shape index (κ2) is 9.94. The van der Waals surface area contributed by atoms with Crippen molar-refractivity contribution in [2.24, 2.45) is 16.8 Å². The first-order chi connectivity index (χ1) is 11.7. The molecule has 0 saturated carbocycles. The fourth-order valence-electron chi connectivity index (χ4n) is 2.48. The molecule has 0 spiro atoms. The maximum absolute atomic E-state index is 11.0. The van der Waals surface area contributed by atoms with E-state index in [4.69, 9.17) is 15.6 Å². The summed E-state index contributed by atoms with van der Waals surface area (Å²) in [5.41, 5.74) is 6.62. The molecule has 0 bridgehead atoms. The Morgan fingerprint density at radius 1 is 1.56 bits per heavy atom. The Labute approximate surface area is 147 Å². The van der Waals surface area contributed by atoms with E-state index < -0.39 is 17.0 Å². The fourth-order valence-corrected chi connectivity index (χ4v) is 2.48. The molecule has 10 heteroatoms. The Morgan fingerprint density at radius 2 is 2.24 bits per heavy atom. The molecule has 0 aliphatic carbocycles. The van der Waals surface area contributed by atoms with Crippen LogP contribution in [0.2, 0.25) is 0 Å². The number of nitro groups is 1. The van der Waals surface area contributed by atoms with E-state index in [1.165, 1.54) is 4.90 Å². The number of guanidine groups is 1. The Kier molecular flexibility index (Phi) is 8.29. The van der Waals surface area contributed by atoms with Crippen molar-refractivity contribution in [2.75, 3.05) is 39.9 Å². The van der Waals surface area contributed by atoms with Crippen molar-refractivity contribution in [3.8, 4) is 0 Å². The van der Waals surface area contributed by atoms with Gasteiger partial charge in [-0.05, 0) is 20.3 Å². The second-order valence-corrected chi connectivity index (χ2v) is 6.38. The Balaban J connectivity index is 3.02. The van der Waals surface area contributed by atoms with Gasteiger partial charge < -0.3 is 25.4 Å². The standard InChI is InChI=1S/C15H27N5O5/c1-11(2)4-6-19(8-12-5-7-25-10-12)15(17-20(23)24)18(3)9-13(16)14(21)22/h4,12-13H,5-10,16H2,1-3H3,(H,21,22)/b17-15+. The van der Waals surface area contributed by atoms with Crippen molar-refractivity contribution in [2.45, 2.75) is 26.3 Å². The summed E-state index contributed by atoms with van der Waals surface area (Å²) in [6, 6.07) is -1.16. The van der Waals surface area contributed by atoms with Gasteiger partial charge in [0.1, 0.15) is 11.1 Å². The van der Waals surface area contributed by atoms with Gasteiger partial charge in [-0.2, -0.15) is 0 Å². The SMILES string of the molecule is CC(C)=CCN(CC1CCOC1)/C(=N/[N+](=O)[O-])N(C)CC(N)C(=O)O. The number of carbonyl (C=O) groups is 1. The van der Waals surface area contributed by atoms with Crippen LogP contribution in [0, 0.1) is 16.0 Å². The van der Waals surface area contributed by atoms with E-state index in [-0.39, 0.29) is 18.4 Å². The summed E-state index contributed by atoms with van der Waals surface area (Å²) in [4.78, 5) is 25.1. The lowest BCUT2D eigenvalue weighted by atomic mass is 10.1. The van der Waals surface area contributed by atoms with Crippen LogP contribution in [0.3, 0.4) is 0 Å². The third-order valence-corrected chi connectivity index (χ3v) is 3.81. The van der Waals surface area contributed by atoms with Gasteiger partial charge in [-0.25, -0.2) is 10.1 Å². The molecule has 10 nitrogen and oxygen atoms in total. The van der Waals surface area contributed by atoms with Gasteiger partial charge in [0.05, 0.1) is 6.61 Å². The van der Waals surface area contributed by atoms with E-state index in [1.54, 1.807) is 11.9 Å². The first kappa shape index (κ1) is 20.8. The highest BCUT2D eigenvalue weighted by atomic mass is 16.7. The highest BCUT2D eigenvalue weighted by Gasteiger charge is 2.27. The molecule has 1 aliphatic heterocycles. The molecule has 0 radical (unpaired) electrons. The second-order valence-electron chi connectivity index (χ2n) is 6.38. The number of carboxylic acid groups (broad SMARTS) is 1. The van der Waals surface area contributed by atoms with Crippen molar-refractivity contribution >= 4 is 11.9 Å². The van der Waals surface area contributed by atoms with Gasteiger partial charge in [0.15, 0.2) is 5.03 Å². The quantitative estimate of drug-likeness (QED) is 0.206. The molecule has 0 aromatic rings. The van der Waals surface area contributed by atoms with Crippen molar-refractivity contribution in [1.29, 1.82) is 0 Å². The van der Waals surface area contributed by atoms with E-state index in [9.17, 15) is 14.9 Å². The zero-order valence-corrected chi connectivity index (χ0v) is 14.9. The highest BCUT2D eigenvalue weighted by molar-refractivity contribution is 5.81. The van der Waals surface area contributed by atoms with Gasteiger partial charge in [0.2, 0.25) is 0 Å². The van der Waals surface area contributed by atoms with Gasteiger partial charge >= 0.3 is 5.97 Å². The molecular formula is C15H27N5O5. The molecule has 1 aliphatic rings. The molecule has 2 atom stereocenters. The van der Waals surface area contributed by atoms with Crippen LogP contribution in [-0.4, -0.2) is 77.8 Å². The molecule has 2 unspecified atom stereocenters. The highest BCUT2D eigenvalue weighted by Crippen LogP contribution is 2.15. The van der Waals surface area contributed by atoms with Crippen molar-refractivity contribution in [3.05, 3.63) is 21.8 Å². The summed E-state index contributed by atoms with van der Waals surface area (Å²) in [5.74, 6) is -0.845. The predicted molar refractivity (Wildman–Crippen MR) is 92.6 cm³/mol. The smallest absolute Gasteiger partial charge is 0.322 e. The molecule has 1 saturated heterocycles. The number of ether oxygens (including phenoxy) is 1. The summed E-state index contributed by atoms with van der Waals surface area (Å²) in [7, 11) is 1.55. The molecule has 25 heavy (non-hydrogen) atoms. The van der Waals surface area contributed by atoms with E-state index in [1.807, 2.05) is 19.9 Å². The molecule has 0 aromatic carbocycles. The average Bonchev–Trinajstić information content (AvgIpc) is 3.01. The predicted octanol–water partition coefficient (Wildman–Crippen LogP) is 0.183. The largest absolute Gasteiger partial charge is 0.480 e. The van der Waals surface area contributed by atoms with Gasteiger partial charge in [-0.3, -0.25) is 4.79 Å². The lowest BCUT2D eigenvalue weighted by Gasteiger charge is -2.31. The Bertz CT molecular complexity index is 526. The number of hydrogen-bond acceptors (Lipinski definition) is 5. The minimum atomic E-state index is -1.17. The molecule has 0 aromatic heterocycles. The lowest BCUT2D eigenvalue weighted by molar-refractivity contribution is -0.486. The van der Waals surface area contributed by atoms with Crippen LogP contribution in [0.4, 0.5) is 0 Å². The summed E-state index contributed by atoms with van der Waals surface area (Å²) in [6.07, 6.45) is 2.81. The number of hydrazone groups is 1. The van der Waals surface area contributed by atoms with Crippen LogP contribution >= 0.6 is 0 Å². The minimum absolute atomic E-state index is 0.0888. The first-order valence-electron chi connectivity index (χ1n) is 8.09. The topological polar surface area (TPSA) is 135 Å². The number of likely N-dealkylation sites (N-methyl/N-ethyl adjacent to an activating group) is 1. The maximum Gasteiger partial charge on any atom is 0.322 e. The van der Waals surface area contributed by atoms with Crippen molar-refractivity contribution < 1.29 is 19.7 Å². The maximum atomic E-state index is 11.0. The number of rotatable bonds is 8. The number of allylic oxidation sites excluding steroid dienone is 1. The lowest BCUT2D eigenvalue weighted by Crippen LogP contribution is -2.50. The van der Waals surface area contributed by atoms with Crippen LogP contribution in [-0.2, 0) is 9.53 Å². The normalized spacial score (nSPS) is 18.6. The molecule has 3 N–H and O–H groups in total. The third-order valence-electron chi connectivity index (χ3n) is 3.81.